The Kier molecular flexibility index (Phi) is 3.31. The van der Waals surface area contributed by atoms with Crippen LogP contribution in [-0.2, 0) is 11.2 Å². The highest BCUT2D eigenvalue weighted by molar-refractivity contribution is 7.18. The summed E-state index contributed by atoms with van der Waals surface area (Å²) in [4.78, 5) is 16.1. The number of carbonyl (C=O) groups is 1. The lowest BCUT2D eigenvalue weighted by Crippen LogP contribution is -2.22. The number of fused-ring (bicyclic) bond motifs is 1. The van der Waals surface area contributed by atoms with Crippen LogP contribution in [0.3, 0.4) is 0 Å². The molecule has 1 atom stereocenters. The molecule has 0 bridgehead atoms. The quantitative estimate of drug-likeness (QED) is 0.880. The van der Waals surface area contributed by atoms with Gasteiger partial charge in [-0.2, -0.15) is 0 Å². The maximum Gasteiger partial charge on any atom is 0.143 e. The number of thiazole rings is 1. The van der Waals surface area contributed by atoms with Gasteiger partial charge in [-0.1, -0.05) is 19.1 Å². The van der Waals surface area contributed by atoms with E-state index in [9.17, 15) is 4.79 Å². The van der Waals surface area contributed by atoms with E-state index in [1.807, 2.05) is 31.2 Å². The molecule has 0 radical (unpaired) electrons. The summed E-state index contributed by atoms with van der Waals surface area (Å²) in [7, 11) is 0. The molecule has 0 spiro atoms. The Hall–Kier alpha value is -1.26. The van der Waals surface area contributed by atoms with Gasteiger partial charge < -0.3 is 5.73 Å². The average Bonchev–Trinajstić information content (AvgIpc) is 2.69. The summed E-state index contributed by atoms with van der Waals surface area (Å²) in [6.45, 7) is 2.26. The Balaban J connectivity index is 2.18. The Morgan fingerprint density at radius 2 is 2.25 bits per heavy atom. The molecule has 0 aliphatic carbocycles. The molecule has 4 heteroatoms. The largest absolute Gasteiger partial charge is 0.330 e. The van der Waals surface area contributed by atoms with Gasteiger partial charge in [0.25, 0.3) is 0 Å². The Bertz CT molecular complexity index is 473. The standard InChI is InChI=1S/C12H14N2OS/c1-8(7-13)10(15)6-12-14-9-4-2-3-5-11(9)16-12/h2-5,8H,6-7,13H2,1H3. The smallest absolute Gasteiger partial charge is 0.143 e. The summed E-state index contributed by atoms with van der Waals surface area (Å²) in [6.07, 6.45) is 0.401. The molecule has 3 nitrogen and oxygen atoms in total. The molecule has 2 aromatic rings. The number of carbonyl (C=O) groups excluding carboxylic acids is 1. The van der Waals surface area contributed by atoms with E-state index in [2.05, 4.69) is 4.98 Å². The molecule has 1 unspecified atom stereocenters. The highest BCUT2D eigenvalue weighted by atomic mass is 32.1. The fourth-order valence-electron chi connectivity index (χ4n) is 1.45. The van der Waals surface area contributed by atoms with Crippen LogP contribution in [0.25, 0.3) is 10.2 Å². The Morgan fingerprint density at radius 1 is 1.50 bits per heavy atom. The molecule has 84 valence electrons. The summed E-state index contributed by atoms with van der Waals surface area (Å²) in [5.41, 5.74) is 6.43. The molecule has 0 amide bonds. The highest BCUT2D eigenvalue weighted by Crippen LogP contribution is 2.22. The van der Waals surface area contributed by atoms with Gasteiger partial charge in [-0.15, -0.1) is 11.3 Å². The summed E-state index contributed by atoms with van der Waals surface area (Å²) < 4.78 is 1.13. The van der Waals surface area contributed by atoms with Crippen molar-refractivity contribution in [1.82, 2.24) is 4.98 Å². The molecular formula is C12H14N2OS. The van der Waals surface area contributed by atoms with Gasteiger partial charge in [-0.05, 0) is 12.1 Å². The first-order valence-corrected chi connectivity index (χ1v) is 6.09. The van der Waals surface area contributed by atoms with Crippen LogP contribution >= 0.6 is 11.3 Å². The van der Waals surface area contributed by atoms with Crippen LogP contribution in [-0.4, -0.2) is 17.3 Å². The third-order valence-electron chi connectivity index (χ3n) is 2.57. The number of benzene rings is 1. The lowest BCUT2D eigenvalue weighted by molar-refractivity contribution is -0.121. The number of Topliss-reactive ketones (excluding diaryl/α,β-unsaturated/α-hetero) is 1. The SMILES string of the molecule is CC(CN)C(=O)Cc1nc2ccccc2s1. The number of nitrogens with two attached hydrogens (primary N) is 1. The number of nitrogens with zero attached hydrogens (tertiary/aromatic N) is 1. The second kappa shape index (κ2) is 4.72. The van der Waals surface area contributed by atoms with E-state index >= 15 is 0 Å². The Labute approximate surface area is 98.3 Å². The van der Waals surface area contributed by atoms with Crippen LogP contribution in [0.2, 0.25) is 0 Å². The molecule has 1 heterocycles. The zero-order valence-electron chi connectivity index (χ0n) is 9.14. The minimum Gasteiger partial charge on any atom is -0.330 e. The van der Waals surface area contributed by atoms with Crippen molar-refractivity contribution in [1.29, 1.82) is 0 Å². The minimum atomic E-state index is -0.0768. The van der Waals surface area contributed by atoms with Gasteiger partial charge >= 0.3 is 0 Å². The maximum atomic E-state index is 11.7. The topological polar surface area (TPSA) is 56.0 Å². The van der Waals surface area contributed by atoms with Gasteiger partial charge in [0.05, 0.1) is 16.6 Å². The minimum absolute atomic E-state index is 0.0768. The van der Waals surface area contributed by atoms with Crippen molar-refractivity contribution >= 4 is 27.3 Å². The normalized spacial score (nSPS) is 12.9. The number of hydrogen-bond donors (Lipinski definition) is 1. The zero-order chi connectivity index (χ0) is 11.5. The van der Waals surface area contributed by atoms with E-state index in [4.69, 9.17) is 5.73 Å². The van der Waals surface area contributed by atoms with E-state index in [0.29, 0.717) is 13.0 Å². The number of aromatic nitrogens is 1. The van der Waals surface area contributed by atoms with Crippen molar-refractivity contribution in [3.8, 4) is 0 Å². The number of ketones is 1. The second-order valence-electron chi connectivity index (χ2n) is 3.86. The number of hydrogen-bond acceptors (Lipinski definition) is 4. The van der Waals surface area contributed by atoms with E-state index in [0.717, 1.165) is 15.2 Å². The average molecular weight is 234 g/mol. The van der Waals surface area contributed by atoms with Crippen molar-refractivity contribution in [3.63, 3.8) is 0 Å². The lowest BCUT2D eigenvalue weighted by Gasteiger charge is -2.04. The third-order valence-corrected chi connectivity index (χ3v) is 3.60. The third kappa shape index (κ3) is 2.28. The predicted octanol–water partition coefficient (Wildman–Crippen LogP) is 2.00. The molecule has 0 saturated carbocycles. The van der Waals surface area contributed by atoms with Crippen molar-refractivity contribution in [2.75, 3.05) is 6.54 Å². The second-order valence-corrected chi connectivity index (χ2v) is 4.97. The monoisotopic (exact) mass is 234 g/mol. The van der Waals surface area contributed by atoms with Crippen molar-refractivity contribution in [3.05, 3.63) is 29.3 Å². The first kappa shape index (κ1) is 11.2. The maximum absolute atomic E-state index is 11.7. The van der Waals surface area contributed by atoms with Crippen LogP contribution < -0.4 is 5.73 Å². The van der Waals surface area contributed by atoms with E-state index in [-0.39, 0.29) is 11.7 Å². The van der Waals surface area contributed by atoms with Crippen LogP contribution in [0.5, 0.6) is 0 Å². The molecule has 0 saturated heterocycles. The summed E-state index contributed by atoms with van der Waals surface area (Å²) in [5.74, 6) is 0.0913. The summed E-state index contributed by atoms with van der Waals surface area (Å²) in [6, 6.07) is 7.92. The molecule has 0 fully saturated rings. The van der Waals surface area contributed by atoms with E-state index in [1.165, 1.54) is 0 Å². The van der Waals surface area contributed by atoms with Crippen LogP contribution in [0, 0.1) is 5.92 Å². The van der Waals surface area contributed by atoms with Gasteiger partial charge in [0.1, 0.15) is 10.8 Å². The number of rotatable bonds is 4. The molecular weight excluding hydrogens is 220 g/mol. The van der Waals surface area contributed by atoms with Gasteiger partial charge in [0, 0.05) is 12.5 Å². The lowest BCUT2D eigenvalue weighted by atomic mass is 10.1. The fourth-order valence-corrected chi connectivity index (χ4v) is 2.43. The zero-order valence-corrected chi connectivity index (χ0v) is 9.96. The predicted molar refractivity (Wildman–Crippen MR) is 66.5 cm³/mol. The first-order valence-electron chi connectivity index (χ1n) is 5.28. The van der Waals surface area contributed by atoms with Crippen LogP contribution in [0.15, 0.2) is 24.3 Å². The van der Waals surface area contributed by atoms with Crippen molar-refractivity contribution in [2.24, 2.45) is 11.7 Å². The molecule has 2 rings (SSSR count). The molecule has 2 N–H and O–H groups in total. The van der Waals surface area contributed by atoms with Gasteiger partial charge in [-0.25, -0.2) is 4.98 Å². The molecule has 0 aliphatic heterocycles. The summed E-state index contributed by atoms with van der Waals surface area (Å²) in [5, 5.41) is 0.881. The Morgan fingerprint density at radius 3 is 2.94 bits per heavy atom. The van der Waals surface area contributed by atoms with E-state index in [1.54, 1.807) is 11.3 Å². The van der Waals surface area contributed by atoms with Crippen LogP contribution in [0.4, 0.5) is 0 Å². The van der Waals surface area contributed by atoms with Crippen molar-refractivity contribution in [2.45, 2.75) is 13.3 Å². The van der Waals surface area contributed by atoms with Crippen LogP contribution in [0.1, 0.15) is 11.9 Å². The van der Waals surface area contributed by atoms with Gasteiger partial charge in [-0.3, -0.25) is 4.79 Å². The summed E-state index contributed by atoms with van der Waals surface area (Å²) >= 11 is 1.58. The molecule has 1 aromatic carbocycles. The molecule has 0 aliphatic rings. The highest BCUT2D eigenvalue weighted by Gasteiger charge is 2.14. The number of para-hydroxylation sites is 1. The van der Waals surface area contributed by atoms with Gasteiger partial charge in [0.15, 0.2) is 0 Å². The first-order chi connectivity index (χ1) is 7.70. The fraction of sp³-hybridized carbons (Fsp3) is 0.333. The van der Waals surface area contributed by atoms with Gasteiger partial charge in [0.2, 0.25) is 0 Å². The van der Waals surface area contributed by atoms with Crippen molar-refractivity contribution < 1.29 is 4.79 Å². The van der Waals surface area contributed by atoms with E-state index < -0.39 is 0 Å². The molecule has 1 aromatic heterocycles. The molecule has 16 heavy (non-hydrogen) atoms.